The molecule has 3 aromatic rings. The minimum absolute atomic E-state index is 0.330. The first-order valence-corrected chi connectivity index (χ1v) is 7.61. The van der Waals surface area contributed by atoms with Crippen LogP contribution in [0, 0.1) is 0 Å². The number of benzene rings is 2. The number of nitrogens with two attached hydrogens (primary N) is 1. The van der Waals surface area contributed by atoms with Gasteiger partial charge in [0.25, 0.3) is 0 Å². The Labute approximate surface area is 134 Å². The standard InChI is InChI=1S/C17H17ClN4/c1-2-12-6-3-4-9-16(12)22-17(15(11-19)20-21-22)13-7-5-8-14(18)10-13/h3-10H,2,11,19H2,1H3. The Kier molecular flexibility index (Phi) is 4.22. The average molecular weight is 313 g/mol. The molecule has 0 atom stereocenters. The van der Waals surface area contributed by atoms with Crippen molar-refractivity contribution in [1.29, 1.82) is 0 Å². The van der Waals surface area contributed by atoms with Crippen LogP contribution in [0.4, 0.5) is 0 Å². The molecule has 1 aromatic heterocycles. The van der Waals surface area contributed by atoms with Crippen LogP contribution in [0.15, 0.2) is 48.5 Å². The number of hydrogen-bond donors (Lipinski definition) is 1. The van der Waals surface area contributed by atoms with Gasteiger partial charge < -0.3 is 5.73 Å². The third-order valence-corrected chi connectivity index (χ3v) is 3.87. The van der Waals surface area contributed by atoms with Gasteiger partial charge in [-0.15, -0.1) is 5.10 Å². The summed E-state index contributed by atoms with van der Waals surface area (Å²) < 4.78 is 1.85. The lowest BCUT2D eigenvalue weighted by Crippen LogP contribution is -2.05. The van der Waals surface area contributed by atoms with Crippen molar-refractivity contribution in [3.8, 4) is 16.9 Å². The van der Waals surface area contributed by atoms with Crippen LogP contribution in [0.5, 0.6) is 0 Å². The number of aryl methyl sites for hydroxylation is 1. The summed E-state index contributed by atoms with van der Waals surface area (Å²) in [4.78, 5) is 0. The van der Waals surface area contributed by atoms with Crippen LogP contribution in [0.2, 0.25) is 5.02 Å². The molecule has 2 aromatic carbocycles. The summed E-state index contributed by atoms with van der Waals surface area (Å²) in [6.45, 7) is 2.45. The van der Waals surface area contributed by atoms with Gasteiger partial charge in [-0.05, 0) is 30.2 Å². The van der Waals surface area contributed by atoms with Gasteiger partial charge in [0.1, 0.15) is 5.69 Å². The van der Waals surface area contributed by atoms with Gasteiger partial charge in [-0.1, -0.05) is 54.1 Å². The SMILES string of the molecule is CCc1ccccc1-n1nnc(CN)c1-c1cccc(Cl)c1. The molecule has 5 heteroatoms. The highest BCUT2D eigenvalue weighted by molar-refractivity contribution is 6.30. The lowest BCUT2D eigenvalue weighted by atomic mass is 10.1. The summed E-state index contributed by atoms with van der Waals surface area (Å²) in [7, 11) is 0. The molecule has 0 radical (unpaired) electrons. The third kappa shape index (κ3) is 2.63. The quantitative estimate of drug-likeness (QED) is 0.800. The lowest BCUT2D eigenvalue weighted by Gasteiger charge is -2.11. The Morgan fingerprint density at radius 3 is 2.68 bits per heavy atom. The number of nitrogens with zero attached hydrogens (tertiary/aromatic N) is 3. The fourth-order valence-electron chi connectivity index (χ4n) is 2.56. The zero-order chi connectivity index (χ0) is 15.5. The van der Waals surface area contributed by atoms with Gasteiger partial charge in [0.15, 0.2) is 0 Å². The van der Waals surface area contributed by atoms with Gasteiger partial charge in [-0.3, -0.25) is 0 Å². The van der Waals surface area contributed by atoms with Crippen LogP contribution in [-0.2, 0) is 13.0 Å². The average Bonchev–Trinajstić information content (AvgIpc) is 2.98. The van der Waals surface area contributed by atoms with Crippen LogP contribution in [0.25, 0.3) is 16.9 Å². The van der Waals surface area contributed by atoms with E-state index in [4.69, 9.17) is 17.3 Å². The number of hydrogen-bond acceptors (Lipinski definition) is 3. The predicted octanol–water partition coefficient (Wildman–Crippen LogP) is 3.61. The van der Waals surface area contributed by atoms with E-state index in [0.29, 0.717) is 11.6 Å². The van der Waals surface area contributed by atoms with Crippen LogP contribution in [0.3, 0.4) is 0 Å². The third-order valence-electron chi connectivity index (χ3n) is 3.63. The van der Waals surface area contributed by atoms with E-state index in [1.807, 2.05) is 47.1 Å². The largest absolute Gasteiger partial charge is 0.325 e. The van der Waals surface area contributed by atoms with Crippen LogP contribution in [-0.4, -0.2) is 15.0 Å². The highest BCUT2D eigenvalue weighted by Crippen LogP contribution is 2.28. The fraction of sp³-hybridized carbons (Fsp3) is 0.176. The highest BCUT2D eigenvalue weighted by atomic mass is 35.5. The van der Waals surface area contributed by atoms with E-state index in [-0.39, 0.29) is 0 Å². The topological polar surface area (TPSA) is 56.7 Å². The van der Waals surface area contributed by atoms with Gasteiger partial charge in [0.05, 0.1) is 11.4 Å². The van der Waals surface area contributed by atoms with Crippen molar-refractivity contribution >= 4 is 11.6 Å². The van der Waals surface area contributed by atoms with Crippen molar-refractivity contribution in [1.82, 2.24) is 15.0 Å². The lowest BCUT2D eigenvalue weighted by molar-refractivity contribution is 0.791. The minimum Gasteiger partial charge on any atom is -0.325 e. The molecule has 4 nitrogen and oxygen atoms in total. The second kappa shape index (κ2) is 6.30. The monoisotopic (exact) mass is 312 g/mol. The zero-order valence-electron chi connectivity index (χ0n) is 12.3. The zero-order valence-corrected chi connectivity index (χ0v) is 13.1. The molecule has 0 saturated carbocycles. The number of aromatic nitrogens is 3. The van der Waals surface area contributed by atoms with E-state index < -0.39 is 0 Å². The molecule has 0 fully saturated rings. The second-order valence-corrected chi connectivity index (χ2v) is 5.43. The molecule has 0 saturated heterocycles. The normalized spacial score (nSPS) is 10.9. The van der Waals surface area contributed by atoms with Gasteiger partial charge in [0, 0.05) is 17.1 Å². The van der Waals surface area contributed by atoms with Crippen LogP contribution in [0.1, 0.15) is 18.2 Å². The predicted molar refractivity (Wildman–Crippen MR) is 89.1 cm³/mol. The molecular formula is C17H17ClN4. The van der Waals surface area contributed by atoms with E-state index in [0.717, 1.165) is 29.1 Å². The van der Waals surface area contributed by atoms with Crippen LogP contribution >= 0.6 is 11.6 Å². The molecule has 22 heavy (non-hydrogen) atoms. The maximum Gasteiger partial charge on any atom is 0.105 e. The van der Waals surface area contributed by atoms with Crippen molar-refractivity contribution < 1.29 is 0 Å². The molecule has 0 bridgehead atoms. The van der Waals surface area contributed by atoms with Gasteiger partial charge >= 0.3 is 0 Å². The molecule has 0 amide bonds. The molecule has 0 aliphatic carbocycles. The summed E-state index contributed by atoms with van der Waals surface area (Å²) >= 11 is 6.13. The van der Waals surface area contributed by atoms with Crippen molar-refractivity contribution in [2.75, 3.05) is 0 Å². The molecule has 0 spiro atoms. The summed E-state index contributed by atoms with van der Waals surface area (Å²) in [6, 6.07) is 15.8. The van der Waals surface area contributed by atoms with Gasteiger partial charge in [0.2, 0.25) is 0 Å². The maximum absolute atomic E-state index is 6.13. The fourth-order valence-corrected chi connectivity index (χ4v) is 2.75. The smallest absolute Gasteiger partial charge is 0.105 e. The Morgan fingerprint density at radius 2 is 1.95 bits per heavy atom. The molecule has 0 unspecified atom stereocenters. The van der Waals surface area contributed by atoms with Crippen molar-refractivity contribution in [3.63, 3.8) is 0 Å². The first-order chi connectivity index (χ1) is 10.7. The second-order valence-electron chi connectivity index (χ2n) is 4.99. The number of halogens is 1. The Balaban J connectivity index is 2.24. The molecule has 3 rings (SSSR count). The summed E-state index contributed by atoms with van der Waals surface area (Å²) in [5, 5.41) is 9.23. The molecule has 1 heterocycles. The summed E-state index contributed by atoms with van der Waals surface area (Å²) in [6.07, 6.45) is 0.920. The first-order valence-electron chi connectivity index (χ1n) is 7.23. The van der Waals surface area contributed by atoms with Crippen molar-refractivity contribution in [3.05, 3.63) is 64.8 Å². The first kappa shape index (κ1) is 14.8. The van der Waals surface area contributed by atoms with Gasteiger partial charge in [-0.2, -0.15) is 0 Å². The Bertz CT molecular complexity index is 795. The summed E-state index contributed by atoms with van der Waals surface area (Å²) in [5.41, 5.74) is 10.7. The molecule has 0 aliphatic rings. The maximum atomic E-state index is 6.13. The minimum atomic E-state index is 0.330. The Hall–Kier alpha value is -2.17. The van der Waals surface area contributed by atoms with Crippen molar-refractivity contribution in [2.45, 2.75) is 19.9 Å². The molecular weight excluding hydrogens is 296 g/mol. The molecule has 112 valence electrons. The summed E-state index contributed by atoms with van der Waals surface area (Å²) in [5.74, 6) is 0. The highest BCUT2D eigenvalue weighted by Gasteiger charge is 2.17. The van der Waals surface area contributed by atoms with Gasteiger partial charge in [-0.25, -0.2) is 4.68 Å². The van der Waals surface area contributed by atoms with Crippen molar-refractivity contribution in [2.24, 2.45) is 5.73 Å². The van der Waals surface area contributed by atoms with E-state index in [1.54, 1.807) is 0 Å². The molecule has 2 N–H and O–H groups in total. The van der Waals surface area contributed by atoms with E-state index in [9.17, 15) is 0 Å². The Morgan fingerprint density at radius 1 is 1.14 bits per heavy atom. The van der Waals surface area contributed by atoms with E-state index in [2.05, 4.69) is 23.3 Å². The molecule has 0 aliphatic heterocycles. The van der Waals surface area contributed by atoms with E-state index in [1.165, 1.54) is 5.56 Å². The van der Waals surface area contributed by atoms with Crippen LogP contribution < -0.4 is 5.73 Å². The number of para-hydroxylation sites is 1. The number of rotatable bonds is 4. The van der Waals surface area contributed by atoms with E-state index >= 15 is 0 Å².